The second-order valence-corrected chi connectivity index (χ2v) is 11.7. The lowest BCUT2D eigenvalue weighted by atomic mass is 9.44. The minimum Gasteiger partial charge on any atom is -0.457 e. The van der Waals surface area contributed by atoms with Crippen LogP contribution in [-0.4, -0.2) is 51.9 Å². The van der Waals surface area contributed by atoms with Crippen LogP contribution in [0.4, 0.5) is 8.78 Å². The largest absolute Gasteiger partial charge is 0.457 e. The molecule has 0 spiro atoms. The third-order valence-corrected chi connectivity index (χ3v) is 10.2. The maximum Gasteiger partial charge on any atom is 0.264 e. The van der Waals surface area contributed by atoms with Crippen molar-refractivity contribution in [2.45, 2.75) is 69.4 Å². The molecule has 6 rings (SSSR count). The summed E-state index contributed by atoms with van der Waals surface area (Å²) in [5.41, 5.74) is -6.03. The van der Waals surface area contributed by atoms with Crippen LogP contribution in [0.2, 0.25) is 0 Å². The Labute approximate surface area is 203 Å². The lowest BCUT2D eigenvalue weighted by Crippen LogP contribution is -2.71. The Morgan fingerprint density at radius 2 is 1.83 bits per heavy atom. The second-order valence-electron chi connectivity index (χ2n) is 11.7. The van der Waals surface area contributed by atoms with E-state index < -0.39 is 52.0 Å². The van der Waals surface area contributed by atoms with E-state index >= 15 is 8.78 Å². The van der Waals surface area contributed by atoms with E-state index in [0.29, 0.717) is 12.2 Å². The van der Waals surface area contributed by atoms with Crippen LogP contribution < -0.4 is 4.74 Å². The van der Waals surface area contributed by atoms with E-state index in [0.717, 1.165) is 0 Å². The highest BCUT2D eigenvalue weighted by atomic mass is 19.1. The van der Waals surface area contributed by atoms with Crippen molar-refractivity contribution < 1.29 is 33.3 Å². The van der Waals surface area contributed by atoms with Crippen LogP contribution in [0, 0.1) is 28.6 Å². The molecule has 1 aromatic rings. The van der Waals surface area contributed by atoms with Gasteiger partial charge in [-0.3, -0.25) is 4.79 Å². The normalized spacial score (nSPS) is 52.3. The molecule has 5 nitrogen and oxygen atoms in total. The zero-order valence-electron chi connectivity index (χ0n) is 20.2. The van der Waals surface area contributed by atoms with Crippen molar-refractivity contribution in [2.24, 2.45) is 28.6 Å². The van der Waals surface area contributed by atoms with Gasteiger partial charge >= 0.3 is 0 Å². The molecule has 0 amide bonds. The first-order chi connectivity index (χ1) is 16.4. The zero-order valence-corrected chi connectivity index (χ0v) is 20.2. The molecular formula is C28H32F2O5. The van der Waals surface area contributed by atoms with Gasteiger partial charge < -0.3 is 19.7 Å². The molecule has 35 heavy (non-hydrogen) atoms. The van der Waals surface area contributed by atoms with Crippen molar-refractivity contribution >= 4 is 5.78 Å². The predicted molar refractivity (Wildman–Crippen MR) is 124 cm³/mol. The average Bonchev–Trinajstić information content (AvgIpc) is 3.57. The number of para-hydroxylation sites is 1. The third-order valence-electron chi connectivity index (χ3n) is 10.2. The summed E-state index contributed by atoms with van der Waals surface area (Å²) < 4.78 is 45.0. The Hall–Kier alpha value is -2.09. The van der Waals surface area contributed by atoms with Crippen molar-refractivity contribution in [2.75, 3.05) is 6.61 Å². The quantitative estimate of drug-likeness (QED) is 0.630. The Morgan fingerprint density at radius 1 is 1.14 bits per heavy atom. The summed E-state index contributed by atoms with van der Waals surface area (Å²) in [4.78, 5) is 12.0. The van der Waals surface area contributed by atoms with Crippen LogP contribution in [0.1, 0.15) is 40.0 Å². The van der Waals surface area contributed by atoms with Gasteiger partial charge in [-0.15, -0.1) is 0 Å². The van der Waals surface area contributed by atoms with Crippen molar-refractivity contribution in [3.63, 3.8) is 0 Å². The summed E-state index contributed by atoms with van der Waals surface area (Å²) >= 11 is 0. The minimum atomic E-state index is -2.17. The number of rotatable bonds is 3. The maximum absolute atomic E-state index is 17.3. The molecule has 2 N–H and O–H groups in total. The monoisotopic (exact) mass is 486 g/mol. The predicted octanol–water partition coefficient (Wildman–Crippen LogP) is 4.09. The number of hydrogen-bond acceptors (Lipinski definition) is 5. The molecule has 4 fully saturated rings. The number of hydrogen-bond donors (Lipinski definition) is 2. The highest BCUT2D eigenvalue weighted by molar-refractivity contribution is 6.01. The second kappa shape index (κ2) is 7.02. The SMILES string of the molecule is C[C@H]1C[C@H]2[C@@H]3C[C@H](F)C4=CC(=O)C=C[C@]4(C)[C@@]3(F)[C@@H](O)C[C@]2(C)[C@@]1(O)C1(Oc2ccccc2)CO1. The molecule has 1 aliphatic heterocycles. The van der Waals surface area contributed by atoms with Crippen LogP contribution in [0.25, 0.3) is 0 Å². The third kappa shape index (κ3) is 2.64. The molecule has 1 saturated heterocycles. The number of carbonyl (C=O) groups is 1. The number of benzene rings is 1. The number of epoxide rings is 1. The molecule has 1 aromatic carbocycles. The molecule has 4 aliphatic carbocycles. The van der Waals surface area contributed by atoms with Gasteiger partial charge in [0.2, 0.25) is 0 Å². The first kappa shape index (κ1) is 23.3. The summed E-state index contributed by atoms with van der Waals surface area (Å²) in [6.07, 6.45) is 1.19. The van der Waals surface area contributed by atoms with Gasteiger partial charge in [-0.05, 0) is 67.9 Å². The summed E-state index contributed by atoms with van der Waals surface area (Å²) in [6.45, 7) is 5.52. The fourth-order valence-corrected chi connectivity index (χ4v) is 8.45. The molecule has 1 heterocycles. The fourth-order valence-electron chi connectivity index (χ4n) is 8.45. The van der Waals surface area contributed by atoms with E-state index in [4.69, 9.17) is 9.47 Å². The number of allylic oxidation sites excluding steroid dienone is 4. The molecule has 10 atom stereocenters. The molecular weight excluding hydrogens is 454 g/mol. The molecule has 0 radical (unpaired) electrons. The first-order valence-corrected chi connectivity index (χ1v) is 12.5. The number of carbonyl (C=O) groups excluding carboxylic acids is 1. The van der Waals surface area contributed by atoms with Gasteiger partial charge in [0.1, 0.15) is 24.1 Å². The smallest absolute Gasteiger partial charge is 0.264 e. The number of aliphatic hydroxyl groups excluding tert-OH is 1. The summed E-state index contributed by atoms with van der Waals surface area (Å²) in [6, 6.07) is 9.10. The summed E-state index contributed by atoms with van der Waals surface area (Å²) in [5, 5.41) is 23.9. The number of ether oxygens (including phenoxy) is 2. The van der Waals surface area contributed by atoms with Gasteiger partial charge in [0.25, 0.3) is 5.79 Å². The average molecular weight is 487 g/mol. The summed E-state index contributed by atoms with van der Waals surface area (Å²) in [5.74, 6) is -2.75. The number of alkyl halides is 2. The summed E-state index contributed by atoms with van der Waals surface area (Å²) in [7, 11) is 0. The van der Waals surface area contributed by atoms with Crippen molar-refractivity contribution in [1.29, 1.82) is 0 Å². The van der Waals surface area contributed by atoms with Crippen LogP contribution in [0.3, 0.4) is 0 Å². The molecule has 7 heteroatoms. The molecule has 188 valence electrons. The lowest BCUT2D eigenvalue weighted by molar-refractivity contribution is -0.258. The molecule has 1 unspecified atom stereocenters. The maximum atomic E-state index is 17.3. The highest BCUT2D eigenvalue weighted by Gasteiger charge is 2.82. The molecule has 3 saturated carbocycles. The molecule has 0 bridgehead atoms. The zero-order chi connectivity index (χ0) is 25.0. The van der Waals surface area contributed by atoms with Gasteiger partial charge in [-0.2, -0.15) is 0 Å². The van der Waals surface area contributed by atoms with E-state index in [1.165, 1.54) is 18.2 Å². The van der Waals surface area contributed by atoms with Crippen molar-refractivity contribution in [3.8, 4) is 5.75 Å². The highest BCUT2D eigenvalue weighted by Crippen LogP contribution is 2.73. The standard InChI is InChI=1S/C28H32F2O5/c1-16-11-19-20-13-22(29)21-12-17(31)9-10-24(21,2)27(20,30)23(32)14-25(19,3)28(16,33)26(15-34-26)35-18-7-5-4-6-8-18/h4-10,12,16,19-20,22-23,32-33H,11,13-15H2,1-3H3/t16-,19-,20-,22-,23-,24-,25-,26?,27-,28+/m0/s1. The van der Waals surface area contributed by atoms with Crippen LogP contribution in [-0.2, 0) is 9.53 Å². The van der Waals surface area contributed by atoms with Gasteiger partial charge in [0.05, 0.1) is 6.10 Å². The molecule has 0 aromatic heterocycles. The number of halogens is 2. The Bertz CT molecular complexity index is 1130. The fraction of sp³-hybridized carbons (Fsp3) is 0.607. The van der Waals surface area contributed by atoms with Gasteiger partial charge in [0, 0.05) is 16.7 Å². The van der Waals surface area contributed by atoms with E-state index in [2.05, 4.69) is 0 Å². The number of fused-ring (bicyclic) bond motifs is 5. The number of aliphatic hydroxyl groups is 2. The van der Waals surface area contributed by atoms with Crippen LogP contribution in [0.15, 0.2) is 54.1 Å². The van der Waals surface area contributed by atoms with Gasteiger partial charge in [-0.25, -0.2) is 8.78 Å². The topological polar surface area (TPSA) is 79.3 Å². The van der Waals surface area contributed by atoms with E-state index in [1.807, 2.05) is 32.0 Å². The van der Waals surface area contributed by atoms with Crippen molar-refractivity contribution in [3.05, 3.63) is 54.1 Å². The Kier molecular flexibility index (Phi) is 4.68. The van der Waals surface area contributed by atoms with Gasteiger partial charge in [-0.1, -0.05) is 38.1 Å². The first-order valence-electron chi connectivity index (χ1n) is 12.5. The molecule has 5 aliphatic rings. The minimum absolute atomic E-state index is 0.0314. The van der Waals surface area contributed by atoms with E-state index in [-0.39, 0.29) is 36.7 Å². The van der Waals surface area contributed by atoms with Gasteiger partial charge in [0.15, 0.2) is 11.5 Å². The van der Waals surface area contributed by atoms with E-state index in [9.17, 15) is 15.0 Å². The Morgan fingerprint density at radius 3 is 2.49 bits per heavy atom. The lowest BCUT2D eigenvalue weighted by Gasteiger charge is -2.63. The number of ketones is 1. The Balaban J connectivity index is 1.43. The van der Waals surface area contributed by atoms with Crippen LogP contribution in [0.5, 0.6) is 5.75 Å². The van der Waals surface area contributed by atoms with E-state index in [1.54, 1.807) is 19.1 Å². The van der Waals surface area contributed by atoms with Crippen LogP contribution >= 0.6 is 0 Å². The van der Waals surface area contributed by atoms with Crippen molar-refractivity contribution in [1.82, 2.24) is 0 Å².